The standard InChI is InChI=1S/C15H14F2N4O6/c16-13(17)8-27-11-6-9(5-10(7-11)21(25)26)18-15(24)12-1-3-20(19-12)4-2-14(22)23/h1,3,5-7,13H,2,4,8H2,(H,18,24)(H,22,23). The molecule has 1 amide bonds. The second-order valence-electron chi connectivity index (χ2n) is 5.24. The Labute approximate surface area is 150 Å². The number of aliphatic carboxylic acids is 1. The van der Waals surface area contributed by atoms with E-state index < -0.39 is 35.5 Å². The zero-order valence-electron chi connectivity index (χ0n) is 13.7. The van der Waals surface area contributed by atoms with E-state index in [1.807, 2.05) is 0 Å². The van der Waals surface area contributed by atoms with Crippen LogP contribution in [0.3, 0.4) is 0 Å². The summed E-state index contributed by atoms with van der Waals surface area (Å²) in [5.74, 6) is -1.94. The van der Waals surface area contributed by atoms with E-state index in [-0.39, 0.29) is 30.1 Å². The fraction of sp³-hybridized carbons (Fsp3) is 0.267. The third-order valence-corrected chi connectivity index (χ3v) is 3.16. The molecule has 0 saturated heterocycles. The van der Waals surface area contributed by atoms with Crippen molar-refractivity contribution in [1.82, 2.24) is 9.78 Å². The van der Waals surface area contributed by atoms with Gasteiger partial charge in [0, 0.05) is 18.3 Å². The quantitative estimate of drug-likeness (QED) is 0.499. The zero-order valence-corrected chi connectivity index (χ0v) is 13.7. The highest BCUT2D eigenvalue weighted by molar-refractivity contribution is 6.03. The Balaban J connectivity index is 2.13. The number of aryl methyl sites for hydroxylation is 1. The Kier molecular flexibility index (Phi) is 6.36. The Morgan fingerprint density at radius 1 is 1.37 bits per heavy atom. The molecule has 27 heavy (non-hydrogen) atoms. The fourth-order valence-electron chi connectivity index (χ4n) is 2.02. The topological polar surface area (TPSA) is 137 Å². The Morgan fingerprint density at radius 2 is 2.11 bits per heavy atom. The van der Waals surface area contributed by atoms with E-state index >= 15 is 0 Å². The lowest BCUT2D eigenvalue weighted by Crippen LogP contribution is -2.14. The first-order valence-corrected chi connectivity index (χ1v) is 7.51. The number of carbonyl (C=O) groups excluding carboxylic acids is 1. The normalized spacial score (nSPS) is 10.6. The number of benzene rings is 1. The molecule has 0 aliphatic heterocycles. The summed E-state index contributed by atoms with van der Waals surface area (Å²) >= 11 is 0. The molecule has 144 valence electrons. The van der Waals surface area contributed by atoms with E-state index in [9.17, 15) is 28.5 Å². The number of halogens is 2. The predicted molar refractivity (Wildman–Crippen MR) is 87.0 cm³/mol. The van der Waals surface area contributed by atoms with Gasteiger partial charge in [0.2, 0.25) is 0 Å². The summed E-state index contributed by atoms with van der Waals surface area (Å²) in [5, 5.41) is 25.8. The number of carboxylic acid groups (broad SMARTS) is 1. The molecular formula is C15H14F2N4O6. The van der Waals surface area contributed by atoms with Gasteiger partial charge in [-0.25, -0.2) is 8.78 Å². The maximum atomic E-state index is 12.3. The van der Waals surface area contributed by atoms with Crippen LogP contribution in [0, 0.1) is 10.1 Å². The smallest absolute Gasteiger partial charge is 0.305 e. The number of ether oxygens (including phenoxy) is 1. The van der Waals surface area contributed by atoms with Gasteiger partial charge in [0.25, 0.3) is 18.0 Å². The molecule has 0 spiro atoms. The molecule has 12 heteroatoms. The highest BCUT2D eigenvalue weighted by Crippen LogP contribution is 2.26. The van der Waals surface area contributed by atoms with Crippen LogP contribution < -0.4 is 10.1 Å². The molecule has 1 aromatic heterocycles. The Hall–Kier alpha value is -3.57. The van der Waals surface area contributed by atoms with Crippen molar-refractivity contribution in [2.75, 3.05) is 11.9 Å². The molecule has 2 N–H and O–H groups in total. The number of nitrogens with zero attached hydrogens (tertiary/aromatic N) is 3. The van der Waals surface area contributed by atoms with Gasteiger partial charge in [-0.05, 0) is 6.07 Å². The van der Waals surface area contributed by atoms with Gasteiger partial charge < -0.3 is 15.2 Å². The van der Waals surface area contributed by atoms with Crippen molar-refractivity contribution in [3.63, 3.8) is 0 Å². The minimum atomic E-state index is -2.77. The van der Waals surface area contributed by atoms with Crippen molar-refractivity contribution in [2.24, 2.45) is 0 Å². The van der Waals surface area contributed by atoms with Gasteiger partial charge in [-0.3, -0.25) is 24.4 Å². The Bertz CT molecular complexity index is 855. The summed E-state index contributed by atoms with van der Waals surface area (Å²) in [6, 6.07) is 4.49. The van der Waals surface area contributed by atoms with Gasteiger partial charge in [0.1, 0.15) is 12.4 Å². The van der Waals surface area contributed by atoms with Crippen LogP contribution in [-0.2, 0) is 11.3 Å². The third-order valence-electron chi connectivity index (χ3n) is 3.16. The van der Waals surface area contributed by atoms with Gasteiger partial charge in [-0.15, -0.1) is 0 Å². The predicted octanol–water partition coefficient (Wildman–Crippen LogP) is 2.16. The van der Waals surface area contributed by atoms with E-state index in [0.717, 1.165) is 18.2 Å². The largest absolute Gasteiger partial charge is 0.487 e. The average molecular weight is 384 g/mol. The lowest BCUT2D eigenvalue weighted by molar-refractivity contribution is -0.384. The van der Waals surface area contributed by atoms with Crippen LogP contribution in [0.15, 0.2) is 30.5 Å². The number of nitrogens with one attached hydrogen (secondary N) is 1. The van der Waals surface area contributed by atoms with Crippen molar-refractivity contribution in [3.05, 3.63) is 46.3 Å². The zero-order chi connectivity index (χ0) is 20.0. The van der Waals surface area contributed by atoms with Crippen LogP contribution in [0.25, 0.3) is 0 Å². The lowest BCUT2D eigenvalue weighted by Gasteiger charge is -2.08. The van der Waals surface area contributed by atoms with Gasteiger partial charge in [0.15, 0.2) is 5.69 Å². The molecular weight excluding hydrogens is 370 g/mol. The van der Waals surface area contributed by atoms with Crippen molar-refractivity contribution >= 4 is 23.3 Å². The number of rotatable bonds is 9. The number of carboxylic acids is 1. The SMILES string of the molecule is O=C(O)CCn1ccc(C(=O)Nc2cc(OCC(F)F)cc([N+](=O)[O-])c2)n1. The fourth-order valence-corrected chi connectivity index (χ4v) is 2.02. The second-order valence-corrected chi connectivity index (χ2v) is 5.24. The van der Waals surface area contributed by atoms with Crippen molar-refractivity contribution in [2.45, 2.75) is 19.4 Å². The van der Waals surface area contributed by atoms with Crippen LogP contribution in [0.1, 0.15) is 16.9 Å². The number of hydrogen-bond donors (Lipinski definition) is 2. The van der Waals surface area contributed by atoms with Crippen LogP contribution in [0.5, 0.6) is 5.75 Å². The monoisotopic (exact) mass is 384 g/mol. The maximum absolute atomic E-state index is 12.3. The first kappa shape index (κ1) is 19.8. The summed E-state index contributed by atoms with van der Waals surface area (Å²) in [4.78, 5) is 32.9. The molecule has 2 aromatic rings. The van der Waals surface area contributed by atoms with E-state index in [4.69, 9.17) is 9.84 Å². The van der Waals surface area contributed by atoms with Gasteiger partial charge in [-0.2, -0.15) is 5.10 Å². The average Bonchev–Trinajstić information content (AvgIpc) is 3.07. The summed E-state index contributed by atoms with van der Waals surface area (Å²) in [6.45, 7) is -0.895. The molecule has 0 aliphatic carbocycles. The Morgan fingerprint density at radius 3 is 2.74 bits per heavy atom. The summed E-state index contributed by atoms with van der Waals surface area (Å²) in [7, 11) is 0. The number of alkyl halides is 2. The molecule has 1 heterocycles. The van der Waals surface area contributed by atoms with Gasteiger partial charge in [-0.1, -0.05) is 0 Å². The molecule has 0 bridgehead atoms. The molecule has 0 saturated carbocycles. The second kappa shape index (κ2) is 8.69. The number of non-ortho nitro benzene ring substituents is 1. The number of nitro benzene ring substituents is 1. The summed E-state index contributed by atoms with van der Waals surface area (Å²) in [6.07, 6.45) is -1.54. The molecule has 0 unspecified atom stereocenters. The summed E-state index contributed by atoms with van der Waals surface area (Å²) in [5.41, 5.74) is -0.551. The lowest BCUT2D eigenvalue weighted by atomic mass is 10.2. The number of carbonyl (C=O) groups is 2. The minimum absolute atomic E-state index is 0.0430. The minimum Gasteiger partial charge on any atom is -0.487 e. The summed E-state index contributed by atoms with van der Waals surface area (Å²) < 4.78 is 30.5. The van der Waals surface area contributed by atoms with Crippen LogP contribution in [-0.4, -0.2) is 44.7 Å². The molecule has 0 radical (unpaired) electrons. The van der Waals surface area contributed by atoms with Crippen LogP contribution in [0.4, 0.5) is 20.2 Å². The maximum Gasteiger partial charge on any atom is 0.305 e. The highest BCUT2D eigenvalue weighted by atomic mass is 19.3. The number of hydrogen-bond acceptors (Lipinski definition) is 6. The van der Waals surface area contributed by atoms with Crippen LogP contribution >= 0.6 is 0 Å². The molecule has 10 nitrogen and oxygen atoms in total. The van der Waals surface area contributed by atoms with E-state index in [1.165, 1.54) is 16.9 Å². The first-order chi connectivity index (χ1) is 12.7. The number of anilines is 1. The molecule has 0 aliphatic rings. The van der Waals surface area contributed by atoms with Crippen molar-refractivity contribution < 1.29 is 33.1 Å². The van der Waals surface area contributed by atoms with Gasteiger partial charge in [0.05, 0.1) is 29.6 Å². The highest BCUT2D eigenvalue weighted by Gasteiger charge is 2.16. The molecule has 0 atom stereocenters. The van der Waals surface area contributed by atoms with Crippen LogP contribution in [0.2, 0.25) is 0 Å². The van der Waals surface area contributed by atoms with Crippen molar-refractivity contribution in [3.8, 4) is 5.75 Å². The number of amides is 1. The van der Waals surface area contributed by atoms with Gasteiger partial charge >= 0.3 is 5.97 Å². The van der Waals surface area contributed by atoms with Crippen molar-refractivity contribution in [1.29, 1.82) is 0 Å². The number of nitro groups is 1. The molecule has 1 aromatic carbocycles. The van der Waals surface area contributed by atoms with E-state index in [1.54, 1.807) is 0 Å². The third kappa shape index (κ3) is 6.02. The first-order valence-electron chi connectivity index (χ1n) is 7.51. The van der Waals surface area contributed by atoms with E-state index in [2.05, 4.69) is 10.4 Å². The number of aromatic nitrogens is 2. The van der Waals surface area contributed by atoms with E-state index in [0.29, 0.717) is 0 Å². The molecule has 0 fully saturated rings. The molecule has 2 rings (SSSR count).